The van der Waals surface area contributed by atoms with Gasteiger partial charge in [-0.25, -0.2) is 0 Å². The number of rotatable bonds is 3. The molecule has 2 aromatic rings. The second kappa shape index (κ2) is 6.45. The number of thiophene rings is 1. The van der Waals surface area contributed by atoms with Gasteiger partial charge in [0.2, 0.25) is 5.76 Å². The van der Waals surface area contributed by atoms with Gasteiger partial charge in [-0.15, -0.1) is 11.3 Å². The first-order chi connectivity index (χ1) is 11.7. The van der Waals surface area contributed by atoms with Gasteiger partial charge in [-0.3, -0.25) is 4.79 Å². The van der Waals surface area contributed by atoms with Crippen LogP contribution in [0.5, 0.6) is 0 Å². The molecule has 2 aromatic heterocycles. The molecule has 0 saturated carbocycles. The van der Waals surface area contributed by atoms with Crippen LogP contribution in [0.1, 0.15) is 27.4 Å². The fourth-order valence-electron chi connectivity index (χ4n) is 2.91. The number of hydrogen-bond acceptors (Lipinski definition) is 5. The molecule has 1 amide bonds. The van der Waals surface area contributed by atoms with Crippen molar-refractivity contribution in [1.29, 1.82) is 0 Å². The Morgan fingerprint density at radius 1 is 1.40 bits per heavy atom. The number of amides is 1. The summed E-state index contributed by atoms with van der Waals surface area (Å²) in [5.74, 6) is -1.20. The maximum absolute atomic E-state index is 12.8. The van der Waals surface area contributed by atoms with E-state index in [1.54, 1.807) is 17.0 Å². The van der Waals surface area contributed by atoms with Crippen LogP contribution in [0, 0.1) is 6.92 Å². The van der Waals surface area contributed by atoms with Gasteiger partial charge in [0.05, 0.1) is 9.75 Å². The van der Waals surface area contributed by atoms with E-state index >= 15 is 0 Å². The molecule has 1 saturated heterocycles. The molecule has 25 heavy (non-hydrogen) atoms. The number of likely N-dealkylation sites (N-methyl/N-ethyl adjacent to an activating group) is 1. The van der Waals surface area contributed by atoms with E-state index in [0.717, 1.165) is 17.8 Å². The first-order valence-electron chi connectivity index (χ1n) is 7.78. The molecule has 0 unspecified atom stereocenters. The van der Waals surface area contributed by atoms with Crippen LogP contribution >= 0.6 is 11.3 Å². The zero-order valence-electron chi connectivity index (χ0n) is 14.1. The molecule has 0 bridgehead atoms. The van der Waals surface area contributed by atoms with Crippen molar-refractivity contribution in [1.82, 2.24) is 15.0 Å². The fourth-order valence-corrected chi connectivity index (χ4v) is 3.93. The average molecular weight is 373 g/mol. The highest BCUT2D eigenvalue weighted by molar-refractivity contribution is 7.17. The zero-order valence-corrected chi connectivity index (χ0v) is 14.9. The van der Waals surface area contributed by atoms with Gasteiger partial charge in [-0.2, -0.15) is 13.2 Å². The number of nitrogens with zero attached hydrogens (tertiary/aromatic N) is 3. The van der Waals surface area contributed by atoms with E-state index < -0.39 is 11.9 Å². The summed E-state index contributed by atoms with van der Waals surface area (Å²) in [7, 11) is 3.96. The van der Waals surface area contributed by atoms with Gasteiger partial charge in [0.25, 0.3) is 5.91 Å². The van der Waals surface area contributed by atoms with E-state index in [2.05, 4.69) is 14.6 Å². The highest BCUT2D eigenvalue weighted by atomic mass is 32.1. The molecule has 3 heterocycles. The Balaban J connectivity index is 1.79. The highest BCUT2D eigenvalue weighted by Gasteiger charge is 2.39. The molecule has 0 N–H and O–H groups in total. The van der Waals surface area contributed by atoms with Crippen LogP contribution in [0.2, 0.25) is 0 Å². The minimum absolute atomic E-state index is 0.0674. The number of carbonyl (C=O) groups is 1. The van der Waals surface area contributed by atoms with Gasteiger partial charge in [-0.1, -0.05) is 5.16 Å². The van der Waals surface area contributed by atoms with Gasteiger partial charge in [0.15, 0.2) is 0 Å². The van der Waals surface area contributed by atoms with Gasteiger partial charge in [0, 0.05) is 24.7 Å². The molecular formula is C16H18F3N3O2S. The third kappa shape index (κ3) is 3.43. The van der Waals surface area contributed by atoms with Crippen LogP contribution in [0.3, 0.4) is 0 Å². The molecule has 0 aromatic carbocycles. The number of alkyl halides is 3. The first-order valence-corrected chi connectivity index (χ1v) is 8.59. The Hall–Kier alpha value is -1.87. The zero-order chi connectivity index (χ0) is 18.4. The standard InChI is InChI=1S/C16H18F3N3O2S/c1-9-13(20-24-14(9)16(17,18)19)11-4-5-12(25-11)15(23)22-7-6-10(8-22)21(2)3/h4-5,10H,6-8H2,1-3H3/t10-/m1/s1. The summed E-state index contributed by atoms with van der Waals surface area (Å²) < 4.78 is 42.9. The number of carbonyl (C=O) groups excluding carboxylic acids is 1. The predicted octanol–water partition coefficient (Wildman–Crippen LogP) is 3.51. The summed E-state index contributed by atoms with van der Waals surface area (Å²) in [6.07, 6.45) is -3.67. The maximum Gasteiger partial charge on any atom is 0.452 e. The molecular weight excluding hydrogens is 355 g/mol. The fraction of sp³-hybridized carbons (Fsp3) is 0.500. The molecule has 3 rings (SSSR count). The summed E-state index contributed by atoms with van der Waals surface area (Å²) >= 11 is 1.13. The topological polar surface area (TPSA) is 49.6 Å². The summed E-state index contributed by atoms with van der Waals surface area (Å²) in [6, 6.07) is 3.57. The summed E-state index contributed by atoms with van der Waals surface area (Å²) in [6.45, 7) is 2.65. The van der Waals surface area contributed by atoms with Crippen LogP contribution < -0.4 is 0 Å². The van der Waals surface area contributed by atoms with E-state index in [9.17, 15) is 18.0 Å². The van der Waals surface area contributed by atoms with Crippen LogP contribution in [-0.2, 0) is 6.18 Å². The summed E-state index contributed by atoms with van der Waals surface area (Å²) in [5, 5.41) is 3.54. The number of likely N-dealkylation sites (tertiary alicyclic amines) is 1. The lowest BCUT2D eigenvalue weighted by molar-refractivity contribution is -0.156. The second-order valence-corrected chi connectivity index (χ2v) is 7.39. The third-order valence-corrected chi connectivity index (χ3v) is 5.49. The van der Waals surface area contributed by atoms with E-state index in [4.69, 9.17) is 0 Å². The van der Waals surface area contributed by atoms with E-state index in [-0.39, 0.29) is 17.2 Å². The van der Waals surface area contributed by atoms with E-state index in [1.807, 2.05) is 14.1 Å². The Bertz CT molecular complexity index is 782. The van der Waals surface area contributed by atoms with Crippen LogP contribution in [0.15, 0.2) is 16.7 Å². The molecule has 5 nitrogen and oxygen atoms in total. The molecule has 1 aliphatic heterocycles. The van der Waals surface area contributed by atoms with Gasteiger partial charge >= 0.3 is 6.18 Å². The van der Waals surface area contributed by atoms with Crippen LogP contribution in [0.4, 0.5) is 13.2 Å². The Kier molecular flexibility index (Phi) is 4.63. The summed E-state index contributed by atoms with van der Waals surface area (Å²) in [4.78, 5) is 17.4. The van der Waals surface area contributed by atoms with Gasteiger partial charge in [0.1, 0.15) is 5.69 Å². The average Bonchev–Trinajstić information content (AvgIpc) is 3.24. The minimum atomic E-state index is -4.58. The van der Waals surface area contributed by atoms with Crippen molar-refractivity contribution in [2.45, 2.75) is 25.6 Å². The molecule has 0 aliphatic carbocycles. The molecule has 1 fully saturated rings. The predicted molar refractivity (Wildman–Crippen MR) is 87.6 cm³/mol. The lowest BCUT2D eigenvalue weighted by Gasteiger charge is -2.19. The quantitative estimate of drug-likeness (QED) is 0.826. The van der Waals surface area contributed by atoms with Crippen LogP contribution in [0.25, 0.3) is 10.6 Å². The smallest absolute Gasteiger partial charge is 0.351 e. The van der Waals surface area contributed by atoms with E-state index in [0.29, 0.717) is 28.9 Å². The maximum atomic E-state index is 12.8. The molecule has 0 radical (unpaired) electrons. The number of halogens is 3. The Labute approximate surface area is 147 Å². The van der Waals surface area contributed by atoms with Crippen LogP contribution in [-0.4, -0.2) is 54.1 Å². The number of aromatic nitrogens is 1. The second-order valence-electron chi connectivity index (χ2n) is 6.30. The van der Waals surface area contributed by atoms with Crippen molar-refractivity contribution in [3.63, 3.8) is 0 Å². The van der Waals surface area contributed by atoms with Crippen molar-refractivity contribution < 1.29 is 22.5 Å². The molecule has 0 spiro atoms. The van der Waals surface area contributed by atoms with Gasteiger partial charge in [-0.05, 0) is 39.6 Å². The Morgan fingerprint density at radius 2 is 2.12 bits per heavy atom. The monoisotopic (exact) mass is 373 g/mol. The molecule has 136 valence electrons. The first kappa shape index (κ1) is 17.9. The minimum Gasteiger partial charge on any atom is -0.351 e. The largest absolute Gasteiger partial charge is 0.452 e. The Morgan fingerprint density at radius 3 is 2.68 bits per heavy atom. The molecule has 1 atom stereocenters. The third-order valence-electron chi connectivity index (χ3n) is 4.41. The van der Waals surface area contributed by atoms with E-state index in [1.165, 1.54) is 6.92 Å². The van der Waals surface area contributed by atoms with Crippen molar-refractivity contribution in [2.75, 3.05) is 27.2 Å². The highest BCUT2D eigenvalue weighted by Crippen LogP contribution is 2.38. The lowest BCUT2D eigenvalue weighted by atomic mass is 10.2. The lowest BCUT2D eigenvalue weighted by Crippen LogP contribution is -2.34. The van der Waals surface area contributed by atoms with Crippen molar-refractivity contribution in [2.24, 2.45) is 0 Å². The number of hydrogen-bond donors (Lipinski definition) is 0. The normalized spacial score (nSPS) is 18.4. The molecule has 1 aliphatic rings. The van der Waals surface area contributed by atoms with Crippen molar-refractivity contribution in [3.05, 3.63) is 28.3 Å². The molecule has 9 heteroatoms. The van der Waals surface area contributed by atoms with Crippen molar-refractivity contribution in [3.8, 4) is 10.6 Å². The summed E-state index contributed by atoms with van der Waals surface area (Å²) in [5.41, 5.74) is 0.0613. The van der Waals surface area contributed by atoms with Gasteiger partial charge < -0.3 is 14.3 Å². The van der Waals surface area contributed by atoms with Crippen molar-refractivity contribution >= 4 is 17.2 Å². The SMILES string of the molecule is Cc1c(-c2ccc(C(=O)N3CC[C@@H](N(C)C)C3)s2)noc1C(F)(F)F.